The Labute approximate surface area is 118 Å². The first-order valence-corrected chi connectivity index (χ1v) is 7.12. The van der Waals surface area contributed by atoms with Crippen molar-refractivity contribution in [3.05, 3.63) is 40.8 Å². The molecule has 0 amide bonds. The number of carbonyl (C=O) groups is 1. The van der Waals surface area contributed by atoms with Gasteiger partial charge in [-0.3, -0.25) is 4.79 Å². The smallest absolute Gasteiger partial charge is 0.171 e. The van der Waals surface area contributed by atoms with Gasteiger partial charge in [0.05, 0.1) is 10.6 Å². The summed E-state index contributed by atoms with van der Waals surface area (Å²) >= 11 is 1.46. The number of hydrogen-bond acceptors (Lipinski definition) is 3. The van der Waals surface area contributed by atoms with Gasteiger partial charge in [0.15, 0.2) is 5.78 Å². The van der Waals surface area contributed by atoms with Crippen LogP contribution in [0.1, 0.15) is 42.9 Å². The number of anilines is 1. The van der Waals surface area contributed by atoms with Gasteiger partial charge in [-0.25, -0.2) is 0 Å². The molecule has 0 aliphatic carbocycles. The standard InChI is InChI=1S/C16H19NOS/c1-10(18)15-13(17)9-14(19-15)11-5-7-12(8-6-11)16(2,3)4/h5-9H,17H2,1-4H3. The Bertz CT molecular complexity index is 603. The van der Waals surface area contributed by atoms with Crippen LogP contribution in [0.4, 0.5) is 5.69 Å². The highest BCUT2D eigenvalue weighted by Crippen LogP contribution is 2.34. The molecule has 0 fully saturated rings. The molecule has 0 saturated carbocycles. The van der Waals surface area contributed by atoms with E-state index < -0.39 is 0 Å². The van der Waals surface area contributed by atoms with Crippen LogP contribution in [-0.2, 0) is 5.41 Å². The molecule has 19 heavy (non-hydrogen) atoms. The van der Waals surface area contributed by atoms with Crippen LogP contribution < -0.4 is 5.73 Å². The summed E-state index contributed by atoms with van der Waals surface area (Å²) in [5.74, 6) is 0.0278. The molecule has 2 N–H and O–H groups in total. The highest BCUT2D eigenvalue weighted by atomic mass is 32.1. The maximum absolute atomic E-state index is 11.4. The number of ketones is 1. The van der Waals surface area contributed by atoms with E-state index in [2.05, 4.69) is 45.0 Å². The third-order valence-electron chi connectivity index (χ3n) is 3.12. The molecule has 1 aromatic heterocycles. The van der Waals surface area contributed by atoms with Crippen molar-refractivity contribution in [3.8, 4) is 10.4 Å². The average molecular weight is 273 g/mol. The molecule has 1 heterocycles. The number of carbonyl (C=O) groups excluding carboxylic acids is 1. The predicted molar refractivity (Wildman–Crippen MR) is 82.9 cm³/mol. The van der Waals surface area contributed by atoms with Gasteiger partial charge in [-0.15, -0.1) is 11.3 Å². The predicted octanol–water partition coefficient (Wildman–Crippen LogP) is 4.50. The van der Waals surface area contributed by atoms with Gasteiger partial charge in [-0.1, -0.05) is 45.0 Å². The minimum Gasteiger partial charge on any atom is -0.397 e. The number of Topliss-reactive ketones (excluding diaryl/α,β-unsaturated/α-hetero) is 1. The van der Waals surface area contributed by atoms with Crippen LogP contribution in [0.5, 0.6) is 0 Å². The van der Waals surface area contributed by atoms with Crippen LogP contribution in [0, 0.1) is 0 Å². The number of rotatable bonds is 2. The highest BCUT2D eigenvalue weighted by molar-refractivity contribution is 7.18. The quantitative estimate of drug-likeness (QED) is 0.819. The summed E-state index contributed by atoms with van der Waals surface area (Å²) in [5.41, 5.74) is 9.00. The van der Waals surface area contributed by atoms with Gasteiger partial charge in [0.25, 0.3) is 0 Å². The van der Waals surface area contributed by atoms with Crippen molar-refractivity contribution in [3.63, 3.8) is 0 Å². The van der Waals surface area contributed by atoms with Crippen molar-refractivity contribution < 1.29 is 4.79 Å². The summed E-state index contributed by atoms with van der Waals surface area (Å²) < 4.78 is 0. The lowest BCUT2D eigenvalue weighted by Gasteiger charge is -2.18. The lowest BCUT2D eigenvalue weighted by molar-refractivity contribution is 0.102. The molecule has 0 radical (unpaired) electrons. The first-order chi connectivity index (χ1) is 8.79. The fraction of sp³-hybridized carbons (Fsp3) is 0.312. The summed E-state index contributed by atoms with van der Waals surface area (Å²) in [4.78, 5) is 13.1. The molecule has 0 aliphatic heterocycles. The topological polar surface area (TPSA) is 43.1 Å². The molecule has 0 atom stereocenters. The summed E-state index contributed by atoms with van der Waals surface area (Å²) in [6.07, 6.45) is 0. The van der Waals surface area contributed by atoms with Crippen LogP contribution in [0.2, 0.25) is 0 Å². The first kappa shape index (κ1) is 13.8. The lowest BCUT2D eigenvalue weighted by Crippen LogP contribution is -2.10. The molecule has 0 unspecified atom stereocenters. The zero-order valence-corrected chi connectivity index (χ0v) is 12.6. The van der Waals surface area contributed by atoms with E-state index in [1.54, 1.807) is 6.92 Å². The Balaban J connectivity index is 2.38. The number of nitrogen functional groups attached to an aromatic ring is 1. The number of thiophene rings is 1. The molecule has 0 aliphatic rings. The fourth-order valence-electron chi connectivity index (χ4n) is 1.96. The Kier molecular flexibility index (Phi) is 3.50. The zero-order chi connectivity index (χ0) is 14.2. The van der Waals surface area contributed by atoms with E-state index in [9.17, 15) is 4.79 Å². The maximum atomic E-state index is 11.4. The number of benzene rings is 1. The van der Waals surface area contributed by atoms with Gasteiger partial charge in [-0.05, 0) is 22.6 Å². The van der Waals surface area contributed by atoms with Gasteiger partial charge >= 0.3 is 0 Å². The van der Waals surface area contributed by atoms with Crippen LogP contribution >= 0.6 is 11.3 Å². The van der Waals surface area contributed by atoms with E-state index in [0.29, 0.717) is 10.6 Å². The summed E-state index contributed by atoms with van der Waals surface area (Å²) in [5, 5.41) is 0. The molecule has 0 spiro atoms. The normalized spacial score (nSPS) is 11.6. The molecule has 1 aromatic carbocycles. The van der Waals surface area contributed by atoms with Crippen LogP contribution in [0.15, 0.2) is 30.3 Å². The zero-order valence-electron chi connectivity index (χ0n) is 11.8. The summed E-state index contributed by atoms with van der Waals surface area (Å²) in [6.45, 7) is 8.13. The van der Waals surface area contributed by atoms with E-state index in [1.165, 1.54) is 16.9 Å². The van der Waals surface area contributed by atoms with Crippen LogP contribution in [0.25, 0.3) is 10.4 Å². The maximum Gasteiger partial charge on any atom is 0.171 e. The molecule has 100 valence electrons. The van der Waals surface area contributed by atoms with Crippen molar-refractivity contribution in [2.24, 2.45) is 0 Å². The van der Waals surface area contributed by atoms with Crippen LogP contribution in [-0.4, -0.2) is 5.78 Å². The van der Waals surface area contributed by atoms with Crippen molar-refractivity contribution in [1.29, 1.82) is 0 Å². The summed E-state index contributed by atoms with van der Waals surface area (Å²) in [7, 11) is 0. The van der Waals surface area contributed by atoms with Crippen molar-refractivity contribution in [2.45, 2.75) is 33.1 Å². The minimum atomic E-state index is 0.0278. The Morgan fingerprint density at radius 3 is 2.16 bits per heavy atom. The second kappa shape index (κ2) is 4.82. The van der Waals surface area contributed by atoms with Gasteiger partial charge in [0, 0.05) is 11.8 Å². The third-order valence-corrected chi connectivity index (χ3v) is 4.42. The fourth-order valence-corrected chi connectivity index (χ4v) is 2.94. The van der Waals surface area contributed by atoms with Gasteiger partial charge in [0.2, 0.25) is 0 Å². The van der Waals surface area contributed by atoms with E-state index >= 15 is 0 Å². The Morgan fingerprint density at radius 1 is 1.16 bits per heavy atom. The molecule has 2 rings (SSSR count). The molecule has 3 heteroatoms. The molecule has 2 nitrogen and oxygen atoms in total. The first-order valence-electron chi connectivity index (χ1n) is 6.30. The van der Waals surface area contributed by atoms with Gasteiger partial charge in [0.1, 0.15) is 0 Å². The van der Waals surface area contributed by atoms with Gasteiger partial charge in [-0.2, -0.15) is 0 Å². The average Bonchev–Trinajstić information content (AvgIpc) is 2.70. The third kappa shape index (κ3) is 2.87. The monoisotopic (exact) mass is 273 g/mol. The van der Waals surface area contributed by atoms with Crippen molar-refractivity contribution >= 4 is 22.8 Å². The molecule has 2 aromatic rings. The van der Waals surface area contributed by atoms with E-state index in [-0.39, 0.29) is 11.2 Å². The Morgan fingerprint density at radius 2 is 1.74 bits per heavy atom. The largest absolute Gasteiger partial charge is 0.397 e. The summed E-state index contributed by atoms with van der Waals surface area (Å²) in [6, 6.07) is 10.3. The minimum absolute atomic E-state index is 0.0278. The van der Waals surface area contributed by atoms with E-state index in [1.807, 2.05) is 6.07 Å². The van der Waals surface area contributed by atoms with Crippen molar-refractivity contribution in [1.82, 2.24) is 0 Å². The molecule has 0 saturated heterocycles. The number of nitrogens with two attached hydrogens (primary N) is 1. The second-order valence-corrected chi connectivity index (χ2v) is 6.83. The number of hydrogen-bond donors (Lipinski definition) is 1. The highest BCUT2D eigenvalue weighted by Gasteiger charge is 2.15. The molecular formula is C16H19NOS. The second-order valence-electron chi connectivity index (χ2n) is 5.78. The lowest BCUT2D eigenvalue weighted by atomic mass is 9.86. The SMILES string of the molecule is CC(=O)c1sc(-c2ccc(C(C)(C)C)cc2)cc1N. The molecular weight excluding hydrogens is 254 g/mol. The van der Waals surface area contributed by atoms with E-state index in [0.717, 1.165) is 10.4 Å². The van der Waals surface area contributed by atoms with Gasteiger partial charge < -0.3 is 5.73 Å². The Hall–Kier alpha value is -1.61. The van der Waals surface area contributed by atoms with Crippen LogP contribution in [0.3, 0.4) is 0 Å². The molecule has 0 bridgehead atoms. The van der Waals surface area contributed by atoms with Crippen molar-refractivity contribution in [2.75, 3.05) is 5.73 Å². The van der Waals surface area contributed by atoms with E-state index in [4.69, 9.17) is 5.73 Å².